The van der Waals surface area contributed by atoms with E-state index in [4.69, 9.17) is 9.47 Å². The van der Waals surface area contributed by atoms with E-state index >= 15 is 0 Å². The first-order valence-corrected chi connectivity index (χ1v) is 5.41. The van der Waals surface area contributed by atoms with Crippen molar-refractivity contribution in [2.24, 2.45) is 0 Å². The van der Waals surface area contributed by atoms with Gasteiger partial charge in [0.25, 0.3) is 0 Å². The van der Waals surface area contributed by atoms with Gasteiger partial charge in [0, 0.05) is 5.56 Å². The number of ether oxygens (including phenoxy) is 2. The van der Waals surface area contributed by atoms with Gasteiger partial charge in [-0.3, -0.25) is 0 Å². The molecule has 0 atom stereocenters. The third-order valence-electron chi connectivity index (χ3n) is 2.64. The van der Waals surface area contributed by atoms with Gasteiger partial charge in [0.15, 0.2) is 0 Å². The molecule has 1 aromatic rings. The lowest BCUT2D eigenvalue weighted by atomic mass is 9.95. The predicted octanol–water partition coefficient (Wildman–Crippen LogP) is 2.49. The van der Waals surface area contributed by atoms with Crippen molar-refractivity contribution in [3.8, 4) is 11.5 Å². The molecule has 1 aromatic carbocycles. The molecule has 0 aliphatic carbocycles. The minimum Gasteiger partial charge on any atom is -0.496 e. The number of rotatable bonds is 4. The summed E-state index contributed by atoms with van der Waals surface area (Å²) in [6, 6.07) is 3.77. The van der Waals surface area contributed by atoms with E-state index in [-0.39, 0.29) is 0 Å². The van der Waals surface area contributed by atoms with Gasteiger partial charge in [-0.25, -0.2) is 0 Å². The van der Waals surface area contributed by atoms with Crippen LogP contribution in [-0.2, 0) is 12.0 Å². The zero-order valence-corrected chi connectivity index (χ0v) is 10.6. The van der Waals surface area contributed by atoms with Crippen molar-refractivity contribution in [3.63, 3.8) is 0 Å². The van der Waals surface area contributed by atoms with Crippen molar-refractivity contribution in [1.82, 2.24) is 0 Å². The molecule has 0 radical (unpaired) electrons. The lowest BCUT2D eigenvalue weighted by Crippen LogP contribution is -2.17. The number of methoxy groups -OCH3 is 2. The third kappa shape index (κ3) is 2.47. The van der Waals surface area contributed by atoms with Crippen LogP contribution in [0.15, 0.2) is 12.1 Å². The molecule has 0 amide bonds. The number of aryl methyl sites for hydroxylation is 1. The molecule has 90 valence electrons. The molecule has 0 aliphatic heterocycles. The van der Waals surface area contributed by atoms with Crippen molar-refractivity contribution in [2.45, 2.75) is 32.8 Å². The van der Waals surface area contributed by atoms with Gasteiger partial charge in [-0.1, -0.05) is 6.92 Å². The Kier molecular flexibility index (Phi) is 3.81. The molecule has 1 N–H and O–H groups in total. The molecule has 16 heavy (non-hydrogen) atoms. The second kappa shape index (κ2) is 4.74. The quantitative estimate of drug-likeness (QED) is 0.854. The topological polar surface area (TPSA) is 38.7 Å². The maximum atomic E-state index is 10.0. The normalized spacial score (nSPS) is 11.4. The van der Waals surface area contributed by atoms with Crippen LogP contribution in [0.4, 0.5) is 0 Å². The molecule has 0 unspecified atom stereocenters. The largest absolute Gasteiger partial charge is 0.496 e. The van der Waals surface area contributed by atoms with Gasteiger partial charge in [-0.2, -0.15) is 0 Å². The summed E-state index contributed by atoms with van der Waals surface area (Å²) in [7, 11) is 3.24. The van der Waals surface area contributed by atoms with Crippen LogP contribution in [0, 0.1) is 0 Å². The van der Waals surface area contributed by atoms with E-state index in [0.717, 1.165) is 23.3 Å². The van der Waals surface area contributed by atoms with Crippen LogP contribution in [0.1, 0.15) is 31.9 Å². The summed E-state index contributed by atoms with van der Waals surface area (Å²) in [5.41, 5.74) is 0.877. The Labute approximate surface area is 97.0 Å². The minimum atomic E-state index is -0.940. The Hall–Kier alpha value is -1.22. The molecule has 0 spiro atoms. The number of hydrogen-bond acceptors (Lipinski definition) is 3. The van der Waals surface area contributed by atoms with Gasteiger partial charge in [-0.05, 0) is 38.0 Å². The van der Waals surface area contributed by atoms with E-state index < -0.39 is 5.60 Å². The fourth-order valence-corrected chi connectivity index (χ4v) is 1.72. The van der Waals surface area contributed by atoms with E-state index in [1.807, 2.05) is 12.1 Å². The first-order chi connectivity index (χ1) is 7.43. The molecule has 0 aromatic heterocycles. The minimum absolute atomic E-state index is 0.699. The van der Waals surface area contributed by atoms with Crippen molar-refractivity contribution in [1.29, 1.82) is 0 Å². The highest BCUT2D eigenvalue weighted by atomic mass is 16.5. The van der Waals surface area contributed by atoms with Crippen molar-refractivity contribution >= 4 is 0 Å². The fraction of sp³-hybridized carbons (Fsp3) is 0.538. The van der Waals surface area contributed by atoms with Crippen LogP contribution < -0.4 is 9.47 Å². The number of aliphatic hydroxyl groups is 1. The van der Waals surface area contributed by atoms with Crippen LogP contribution in [0.3, 0.4) is 0 Å². The summed E-state index contributed by atoms with van der Waals surface area (Å²) < 4.78 is 10.6. The highest BCUT2D eigenvalue weighted by Crippen LogP contribution is 2.35. The Morgan fingerprint density at radius 2 is 1.69 bits per heavy atom. The van der Waals surface area contributed by atoms with Gasteiger partial charge in [0.1, 0.15) is 11.5 Å². The van der Waals surface area contributed by atoms with E-state index in [9.17, 15) is 5.11 Å². The highest BCUT2D eigenvalue weighted by molar-refractivity contribution is 5.48. The van der Waals surface area contributed by atoms with Gasteiger partial charge in [0.2, 0.25) is 0 Å². The molecule has 3 heteroatoms. The molecule has 1 rings (SSSR count). The maximum Gasteiger partial charge on any atom is 0.125 e. The molecular weight excluding hydrogens is 204 g/mol. The fourth-order valence-electron chi connectivity index (χ4n) is 1.72. The average molecular weight is 224 g/mol. The second-order valence-corrected chi connectivity index (χ2v) is 4.28. The molecule has 0 saturated carbocycles. The first kappa shape index (κ1) is 12.8. The van der Waals surface area contributed by atoms with E-state index in [1.54, 1.807) is 28.1 Å². The van der Waals surface area contributed by atoms with Gasteiger partial charge in [0.05, 0.1) is 19.8 Å². The standard InChI is InChI=1S/C13H20O3/c1-6-9-7-12(16-5)10(13(2,3)14)8-11(9)15-4/h7-8,14H,6H2,1-5H3. The Morgan fingerprint density at radius 3 is 2.06 bits per heavy atom. The Balaban J connectivity index is 3.38. The Morgan fingerprint density at radius 1 is 1.12 bits per heavy atom. The van der Waals surface area contributed by atoms with Crippen LogP contribution in [0.25, 0.3) is 0 Å². The lowest BCUT2D eigenvalue weighted by molar-refractivity contribution is 0.0753. The zero-order valence-electron chi connectivity index (χ0n) is 10.6. The molecule has 0 fully saturated rings. The highest BCUT2D eigenvalue weighted by Gasteiger charge is 2.23. The van der Waals surface area contributed by atoms with Crippen molar-refractivity contribution in [3.05, 3.63) is 23.3 Å². The smallest absolute Gasteiger partial charge is 0.125 e. The van der Waals surface area contributed by atoms with Crippen LogP contribution in [0.2, 0.25) is 0 Å². The van der Waals surface area contributed by atoms with E-state index in [0.29, 0.717) is 5.75 Å². The monoisotopic (exact) mass is 224 g/mol. The molecule has 0 heterocycles. The molecule has 3 nitrogen and oxygen atoms in total. The molecule has 0 saturated heterocycles. The summed E-state index contributed by atoms with van der Waals surface area (Å²) in [6.07, 6.45) is 0.867. The van der Waals surface area contributed by atoms with Crippen LogP contribution >= 0.6 is 0 Å². The van der Waals surface area contributed by atoms with Crippen molar-refractivity contribution in [2.75, 3.05) is 14.2 Å². The summed E-state index contributed by atoms with van der Waals surface area (Å²) in [4.78, 5) is 0. The van der Waals surface area contributed by atoms with Crippen molar-refractivity contribution < 1.29 is 14.6 Å². The molecule has 0 bridgehead atoms. The van der Waals surface area contributed by atoms with Gasteiger partial charge in [-0.15, -0.1) is 0 Å². The lowest BCUT2D eigenvalue weighted by Gasteiger charge is -2.22. The Bertz CT molecular complexity index is 364. The summed E-state index contributed by atoms with van der Waals surface area (Å²) >= 11 is 0. The SMILES string of the molecule is CCc1cc(OC)c(C(C)(C)O)cc1OC. The average Bonchev–Trinajstić information content (AvgIpc) is 2.25. The predicted molar refractivity (Wildman–Crippen MR) is 64.2 cm³/mol. The van der Waals surface area contributed by atoms with Crippen LogP contribution in [-0.4, -0.2) is 19.3 Å². The van der Waals surface area contributed by atoms with Gasteiger partial charge < -0.3 is 14.6 Å². The molecule has 0 aliphatic rings. The third-order valence-corrected chi connectivity index (χ3v) is 2.64. The first-order valence-electron chi connectivity index (χ1n) is 5.41. The summed E-state index contributed by atoms with van der Waals surface area (Å²) in [5, 5.41) is 10.0. The maximum absolute atomic E-state index is 10.0. The second-order valence-electron chi connectivity index (χ2n) is 4.28. The van der Waals surface area contributed by atoms with E-state index in [1.165, 1.54) is 0 Å². The number of benzene rings is 1. The molecular formula is C13H20O3. The number of hydrogen-bond donors (Lipinski definition) is 1. The van der Waals surface area contributed by atoms with Gasteiger partial charge >= 0.3 is 0 Å². The summed E-state index contributed by atoms with van der Waals surface area (Å²) in [6.45, 7) is 5.52. The van der Waals surface area contributed by atoms with E-state index in [2.05, 4.69) is 6.92 Å². The summed E-state index contributed by atoms with van der Waals surface area (Å²) in [5.74, 6) is 1.49. The van der Waals surface area contributed by atoms with Crippen LogP contribution in [0.5, 0.6) is 11.5 Å². The zero-order chi connectivity index (χ0) is 12.3.